The molecule has 6 atom stereocenters. The number of para-hydroxylation sites is 1. The second-order valence-electron chi connectivity index (χ2n) is 10.5. The summed E-state index contributed by atoms with van der Waals surface area (Å²) in [5.74, 6) is 0.0313. The number of aromatic nitrogens is 3. The number of rotatable bonds is 14. The van der Waals surface area contributed by atoms with Crippen molar-refractivity contribution in [3.05, 3.63) is 67.9 Å². The Labute approximate surface area is 259 Å². The summed E-state index contributed by atoms with van der Waals surface area (Å²) >= 11 is 0. The molecule has 0 radical (unpaired) electrons. The third-order valence-electron chi connectivity index (χ3n) is 6.68. The minimum Gasteiger partial charge on any atom is -0.390 e. The van der Waals surface area contributed by atoms with E-state index in [2.05, 4.69) is 23.1 Å². The van der Waals surface area contributed by atoms with Crippen molar-refractivity contribution >= 4 is 40.2 Å². The zero-order valence-electron chi connectivity index (χ0n) is 24.3. The number of ether oxygens (including phenoxy) is 2. The number of nitro groups is 1. The summed E-state index contributed by atoms with van der Waals surface area (Å²) in [6, 6.07) is 6.13. The predicted molar refractivity (Wildman–Crippen MR) is 155 cm³/mol. The number of benzene rings is 1. The van der Waals surface area contributed by atoms with Gasteiger partial charge in [0, 0.05) is 24.2 Å². The number of hydrogen-bond donors (Lipinski definition) is 6. The van der Waals surface area contributed by atoms with Crippen LogP contribution in [0.15, 0.2) is 35.3 Å². The van der Waals surface area contributed by atoms with Gasteiger partial charge in [0.05, 0.1) is 41.3 Å². The molecule has 0 bridgehead atoms. The predicted octanol–water partition coefficient (Wildman–Crippen LogP) is 2.85. The first-order valence-electron chi connectivity index (χ1n) is 13.3. The quantitative estimate of drug-likeness (QED) is 0.0795. The lowest BCUT2D eigenvalue weighted by Gasteiger charge is -2.21. The van der Waals surface area contributed by atoms with Crippen molar-refractivity contribution in [2.45, 2.75) is 58.3 Å². The molecular weight excluding hydrogens is 681 g/mol. The van der Waals surface area contributed by atoms with Gasteiger partial charge in [-0.1, -0.05) is 26.0 Å². The number of nitrogens with one attached hydrogen (secondary N) is 1. The molecule has 1 saturated heterocycles. The largest absolute Gasteiger partial charge is 0.490 e. The third kappa shape index (κ3) is 8.81. The Morgan fingerprint density at radius 2 is 1.83 bits per heavy atom. The van der Waals surface area contributed by atoms with E-state index in [4.69, 9.17) is 19.3 Å². The lowest BCUT2D eigenvalue weighted by molar-refractivity contribution is -0.386. The summed E-state index contributed by atoms with van der Waals surface area (Å²) in [5, 5.41) is 22.4. The molecule has 2 unspecified atom stereocenters. The molecule has 23 heteroatoms. The van der Waals surface area contributed by atoms with Crippen LogP contribution in [0.1, 0.15) is 49.6 Å². The second kappa shape index (κ2) is 13.8. The number of hydrogen-bond acceptors (Lipinski definition) is 13. The number of nitro benzene ring substituents is 1. The molecule has 4 rings (SSSR count). The molecule has 0 saturated carbocycles. The van der Waals surface area contributed by atoms with Gasteiger partial charge in [-0.15, -0.1) is 0 Å². The first kappa shape index (κ1) is 36.2. The zero-order chi connectivity index (χ0) is 34.2. The fraction of sp³-hybridized carbons (Fsp3) is 0.478. The van der Waals surface area contributed by atoms with Gasteiger partial charge < -0.3 is 43.7 Å². The minimum absolute atomic E-state index is 0.116. The van der Waals surface area contributed by atoms with E-state index < -0.39 is 65.1 Å². The van der Waals surface area contributed by atoms with Crippen LogP contribution in [-0.2, 0) is 42.9 Å². The molecule has 46 heavy (non-hydrogen) atoms. The molecule has 3 aromatic rings. The van der Waals surface area contributed by atoms with E-state index in [0.29, 0.717) is 11.1 Å². The fourth-order valence-electron chi connectivity index (χ4n) is 4.89. The molecule has 1 aliphatic rings. The Kier molecular flexibility index (Phi) is 10.9. The van der Waals surface area contributed by atoms with Crippen LogP contribution in [0.25, 0.3) is 11.0 Å². The van der Waals surface area contributed by atoms with E-state index in [0.717, 1.165) is 0 Å². The van der Waals surface area contributed by atoms with Crippen LogP contribution < -0.4 is 5.56 Å². The van der Waals surface area contributed by atoms with Crippen LogP contribution in [0.4, 0.5) is 5.69 Å². The summed E-state index contributed by atoms with van der Waals surface area (Å²) in [5.41, 5.74) is 0.166. The number of nitrogens with zero attached hydrogens (tertiary/aromatic N) is 3. The maximum atomic E-state index is 13.0. The number of phosphoric ester groups is 1. The highest BCUT2D eigenvalue weighted by Crippen LogP contribution is 2.66. The standard InChI is InChI=1S/C23H31N4O16P3/c1-12(2)21(15-6-4-5-7-16(15)27(30)31)39-10-14-9-26(22-20(14)23(29)25-13(3)24-22)19-8-17(28)18(41-19)11-40-45(35,36)43-46(37,38)42-44(32,33)34/h4-7,9,12,17-19,21,28H,8,10-11H2,1-3H3,(H,35,36)(H,37,38)(H,24,25,29)(H2,32,33,34)/t17-,18-,19-,21-/m1/s1. The van der Waals surface area contributed by atoms with Crippen molar-refractivity contribution in [3.8, 4) is 0 Å². The Balaban J connectivity index is 1.56. The van der Waals surface area contributed by atoms with Crippen LogP contribution in [-0.4, -0.2) is 63.0 Å². The first-order valence-corrected chi connectivity index (χ1v) is 17.9. The molecule has 0 spiro atoms. The van der Waals surface area contributed by atoms with Crippen LogP contribution in [0.3, 0.4) is 0 Å². The highest BCUT2D eigenvalue weighted by Gasteiger charge is 2.43. The lowest BCUT2D eigenvalue weighted by atomic mass is 9.97. The molecule has 254 valence electrons. The molecule has 1 aliphatic heterocycles. The van der Waals surface area contributed by atoms with Crippen LogP contribution in [0.5, 0.6) is 0 Å². The topological polar surface area (TPSA) is 292 Å². The normalized spacial score (nSPS) is 22.2. The second-order valence-corrected chi connectivity index (χ2v) is 14.9. The number of phosphoric acid groups is 3. The summed E-state index contributed by atoms with van der Waals surface area (Å²) in [6.07, 6.45) is -3.09. The average molecular weight is 712 g/mol. The van der Waals surface area contributed by atoms with Crippen molar-refractivity contribution < 1.29 is 65.9 Å². The maximum absolute atomic E-state index is 13.0. The highest BCUT2D eigenvalue weighted by molar-refractivity contribution is 7.66. The van der Waals surface area contributed by atoms with Gasteiger partial charge in [0.1, 0.15) is 23.8 Å². The summed E-state index contributed by atoms with van der Waals surface area (Å²) in [4.78, 5) is 67.6. The number of aliphatic hydroxyl groups is 1. The van der Waals surface area contributed by atoms with Crippen molar-refractivity contribution in [1.82, 2.24) is 14.5 Å². The maximum Gasteiger partial charge on any atom is 0.490 e. The first-order chi connectivity index (χ1) is 21.3. The van der Waals surface area contributed by atoms with Gasteiger partial charge in [-0.2, -0.15) is 8.62 Å². The molecule has 6 N–H and O–H groups in total. The molecule has 0 aliphatic carbocycles. The molecular formula is C23H31N4O16P3. The summed E-state index contributed by atoms with van der Waals surface area (Å²) in [6.45, 7) is 4.09. The molecule has 1 fully saturated rings. The van der Waals surface area contributed by atoms with Gasteiger partial charge in [-0.3, -0.25) is 19.4 Å². The molecule has 3 heterocycles. The number of aliphatic hydroxyl groups excluding tert-OH is 1. The van der Waals surface area contributed by atoms with Crippen molar-refractivity contribution in [2.24, 2.45) is 5.92 Å². The van der Waals surface area contributed by atoms with Gasteiger partial charge in [0.15, 0.2) is 0 Å². The van der Waals surface area contributed by atoms with E-state index in [1.165, 1.54) is 29.8 Å². The average Bonchev–Trinajstić information content (AvgIpc) is 3.45. The van der Waals surface area contributed by atoms with Gasteiger partial charge in [0.25, 0.3) is 11.2 Å². The monoisotopic (exact) mass is 712 g/mol. The van der Waals surface area contributed by atoms with Gasteiger partial charge in [0.2, 0.25) is 0 Å². The smallest absolute Gasteiger partial charge is 0.390 e. The van der Waals surface area contributed by atoms with E-state index in [1.54, 1.807) is 12.1 Å². The van der Waals surface area contributed by atoms with Crippen LogP contribution >= 0.6 is 23.5 Å². The summed E-state index contributed by atoms with van der Waals surface area (Å²) < 4.78 is 59.8. The van der Waals surface area contributed by atoms with Crippen molar-refractivity contribution in [3.63, 3.8) is 0 Å². The molecule has 1 aromatic carbocycles. The van der Waals surface area contributed by atoms with E-state index in [9.17, 15) is 43.5 Å². The van der Waals surface area contributed by atoms with Crippen LogP contribution in [0.2, 0.25) is 0 Å². The Morgan fingerprint density at radius 3 is 2.46 bits per heavy atom. The van der Waals surface area contributed by atoms with Crippen molar-refractivity contribution in [1.29, 1.82) is 0 Å². The van der Waals surface area contributed by atoms with Crippen molar-refractivity contribution in [2.75, 3.05) is 6.61 Å². The third-order valence-corrected chi connectivity index (χ3v) is 10.5. The van der Waals surface area contributed by atoms with Gasteiger partial charge >= 0.3 is 23.5 Å². The highest BCUT2D eigenvalue weighted by atomic mass is 31.3. The number of aromatic amines is 1. The minimum atomic E-state index is -5.75. The van der Waals surface area contributed by atoms with E-state index >= 15 is 0 Å². The van der Waals surface area contributed by atoms with Gasteiger partial charge in [-0.05, 0) is 18.9 Å². The Hall–Kier alpha value is -2.67. The SMILES string of the molecule is Cc1nc2c(c(CO[C@@H](c3ccccc3[N+](=O)[O-])C(C)C)cn2[C@H]2C[C@@H](O)[C@@H](COP(=O)(O)OP(=O)(O)OP(=O)(O)O)O2)c(=O)[nH]1. The lowest BCUT2D eigenvalue weighted by Crippen LogP contribution is -2.26. The fourth-order valence-corrected chi connectivity index (χ4v) is 7.92. The number of fused-ring (bicyclic) bond motifs is 1. The zero-order valence-corrected chi connectivity index (χ0v) is 27.0. The summed E-state index contributed by atoms with van der Waals surface area (Å²) in [7, 11) is -16.8. The van der Waals surface area contributed by atoms with E-state index in [1.807, 2.05) is 13.8 Å². The Bertz CT molecular complexity index is 1810. The number of aryl methyl sites for hydroxylation is 1. The van der Waals surface area contributed by atoms with E-state index in [-0.39, 0.29) is 41.5 Å². The molecule has 2 aromatic heterocycles. The molecule has 20 nitrogen and oxygen atoms in total. The molecule has 0 amide bonds. The van der Waals surface area contributed by atoms with Gasteiger partial charge in [-0.25, -0.2) is 18.7 Å². The number of H-pyrrole nitrogens is 1. The Morgan fingerprint density at radius 1 is 1.15 bits per heavy atom. The van der Waals surface area contributed by atoms with Crippen LogP contribution in [0, 0.1) is 23.0 Å².